The van der Waals surface area contributed by atoms with Gasteiger partial charge in [-0.3, -0.25) is 23.1 Å². The Morgan fingerprint density at radius 1 is 1.08 bits per heavy atom. The molecule has 0 aliphatic carbocycles. The van der Waals surface area contributed by atoms with Gasteiger partial charge in [0.2, 0.25) is 0 Å². The first-order valence-corrected chi connectivity index (χ1v) is 14.6. The molecule has 5 heterocycles. The molecule has 0 saturated carbocycles. The lowest BCUT2D eigenvalue weighted by Crippen LogP contribution is -2.45. The Morgan fingerprint density at radius 3 is 2.71 bits per heavy atom. The molecular weight excluding hydrogens is 526 g/mol. The van der Waals surface area contributed by atoms with Gasteiger partial charge in [-0.25, -0.2) is 18.2 Å². The predicted octanol–water partition coefficient (Wildman–Crippen LogP) is 2.16. The second-order valence-electron chi connectivity index (χ2n) is 9.07. The molecule has 0 unspecified atom stereocenters. The Balaban J connectivity index is 1.23. The molecule has 0 spiro atoms. The summed E-state index contributed by atoms with van der Waals surface area (Å²) in [5.74, 6) is -0.365. The van der Waals surface area contributed by atoms with Crippen molar-refractivity contribution in [1.82, 2.24) is 23.8 Å². The highest BCUT2D eigenvalue weighted by Crippen LogP contribution is 2.34. The minimum absolute atomic E-state index is 0.0171. The first kappa shape index (κ1) is 24.4. The Hall–Kier alpha value is -3.90. The van der Waals surface area contributed by atoms with Gasteiger partial charge < -0.3 is 5.32 Å². The van der Waals surface area contributed by atoms with Gasteiger partial charge in [0, 0.05) is 19.6 Å². The summed E-state index contributed by atoms with van der Waals surface area (Å²) in [7, 11) is -3.78. The minimum atomic E-state index is -3.78. The smallest absolute Gasteiger partial charge is 0.332 e. The lowest BCUT2D eigenvalue weighted by atomic mass is 10.1. The minimum Gasteiger partial charge on any atom is -0.352 e. The van der Waals surface area contributed by atoms with Crippen molar-refractivity contribution in [2.24, 2.45) is 0 Å². The number of amides is 1. The van der Waals surface area contributed by atoms with E-state index in [0.717, 1.165) is 20.9 Å². The van der Waals surface area contributed by atoms with E-state index in [0.29, 0.717) is 23.3 Å². The van der Waals surface area contributed by atoms with Crippen LogP contribution in [0.5, 0.6) is 0 Å². The van der Waals surface area contributed by atoms with Crippen LogP contribution in [0, 0.1) is 0 Å². The number of nitrogens with zero attached hydrogens (tertiary/aromatic N) is 4. The zero-order valence-electron chi connectivity index (χ0n) is 20.2. The van der Waals surface area contributed by atoms with E-state index in [9.17, 15) is 22.8 Å². The van der Waals surface area contributed by atoms with Crippen molar-refractivity contribution in [2.75, 3.05) is 12.3 Å². The first-order valence-electron chi connectivity index (χ1n) is 12.2. The standard InChI is InChI=1S/C26H23N5O5S2/c32-23(19-15-18-16-28-20-9-4-10-21(37-19)31(18)20)27-11-5-12-29-24(33)22(17-7-2-1-3-8-17)25-30(26(29)34)13-6-14-38(25,35)36/h1-4,7-10,15-16H,5-6,11-14H2,(H,27,32). The number of aromatic nitrogens is 4. The van der Waals surface area contributed by atoms with Crippen molar-refractivity contribution in [1.29, 1.82) is 0 Å². The number of thioether (sulfide) groups is 1. The Labute approximate surface area is 221 Å². The third-order valence-corrected chi connectivity index (χ3v) is 9.50. The number of carbonyl (C=O) groups excluding carboxylic acids is 1. The molecule has 38 heavy (non-hydrogen) atoms. The number of carbonyl (C=O) groups is 1. The molecule has 1 aromatic carbocycles. The van der Waals surface area contributed by atoms with E-state index in [-0.39, 0.29) is 41.9 Å². The molecule has 1 N–H and O–H groups in total. The number of hydrogen-bond acceptors (Lipinski definition) is 7. The number of hydrogen-bond donors (Lipinski definition) is 1. The van der Waals surface area contributed by atoms with Crippen LogP contribution in [0.15, 0.2) is 79.3 Å². The quantitative estimate of drug-likeness (QED) is 0.289. The van der Waals surface area contributed by atoms with E-state index in [1.165, 1.54) is 16.3 Å². The molecule has 0 atom stereocenters. The summed E-state index contributed by atoms with van der Waals surface area (Å²) in [6.45, 7) is 0.488. The highest BCUT2D eigenvalue weighted by Gasteiger charge is 2.32. The molecule has 2 aliphatic rings. The molecule has 12 heteroatoms. The van der Waals surface area contributed by atoms with Crippen LogP contribution >= 0.6 is 11.8 Å². The van der Waals surface area contributed by atoms with Crippen molar-refractivity contribution >= 4 is 39.2 Å². The van der Waals surface area contributed by atoms with Crippen LogP contribution in [0.3, 0.4) is 0 Å². The number of rotatable bonds is 6. The van der Waals surface area contributed by atoms with E-state index in [1.54, 1.807) is 42.6 Å². The number of imidazole rings is 1. The maximum absolute atomic E-state index is 13.5. The summed E-state index contributed by atoms with van der Waals surface area (Å²) in [5.41, 5.74) is 0.803. The SMILES string of the molecule is O=C(NCCCn1c(=O)c(-c2ccccc2)c2n(c1=O)CCCS2(=O)=O)C1=Cc2cnc3cccc(n23)S1. The lowest BCUT2D eigenvalue weighted by molar-refractivity contribution is -0.116. The van der Waals surface area contributed by atoms with Gasteiger partial charge in [-0.1, -0.05) is 48.2 Å². The second kappa shape index (κ2) is 9.44. The van der Waals surface area contributed by atoms with Crippen molar-refractivity contribution in [3.63, 3.8) is 0 Å². The van der Waals surface area contributed by atoms with Crippen LogP contribution in [0.1, 0.15) is 18.5 Å². The van der Waals surface area contributed by atoms with E-state index >= 15 is 0 Å². The summed E-state index contributed by atoms with van der Waals surface area (Å²) in [4.78, 5) is 44.4. The topological polar surface area (TPSA) is 125 Å². The van der Waals surface area contributed by atoms with Gasteiger partial charge in [-0.05, 0) is 36.6 Å². The van der Waals surface area contributed by atoms with Gasteiger partial charge in [-0.15, -0.1) is 0 Å². The van der Waals surface area contributed by atoms with Crippen LogP contribution in [0.4, 0.5) is 0 Å². The van der Waals surface area contributed by atoms with Gasteiger partial charge in [0.15, 0.2) is 14.9 Å². The van der Waals surface area contributed by atoms with Crippen molar-refractivity contribution < 1.29 is 13.2 Å². The number of nitrogens with one attached hydrogen (secondary N) is 1. The summed E-state index contributed by atoms with van der Waals surface area (Å²) < 4.78 is 30.1. The van der Waals surface area contributed by atoms with Crippen molar-refractivity contribution in [3.8, 4) is 11.1 Å². The highest BCUT2D eigenvalue weighted by molar-refractivity contribution is 8.04. The van der Waals surface area contributed by atoms with E-state index in [4.69, 9.17) is 0 Å². The molecule has 1 amide bonds. The molecule has 2 aliphatic heterocycles. The number of sulfone groups is 1. The van der Waals surface area contributed by atoms with Crippen LogP contribution in [0.25, 0.3) is 22.9 Å². The highest BCUT2D eigenvalue weighted by atomic mass is 32.2. The average Bonchev–Trinajstić information content (AvgIpc) is 3.33. The van der Waals surface area contributed by atoms with Gasteiger partial charge in [-0.2, -0.15) is 0 Å². The van der Waals surface area contributed by atoms with Gasteiger partial charge in [0.05, 0.1) is 33.1 Å². The molecule has 0 radical (unpaired) electrons. The fourth-order valence-electron chi connectivity index (χ4n) is 4.88. The third-order valence-electron chi connectivity index (χ3n) is 6.61. The number of pyridine rings is 1. The Bertz CT molecular complexity index is 1850. The van der Waals surface area contributed by atoms with E-state index < -0.39 is 21.1 Å². The number of benzene rings is 1. The molecule has 0 bridgehead atoms. The lowest BCUT2D eigenvalue weighted by Gasteiger charge is -2.23. The third kappa shape index (κ3) is 4.09. The maximum Gasteiger partial charge on any atom is 0.332 e. The Morgan fingerprint density at radius 2 is 1.89 bits per heavy atom. The summed E-state index contributed by atoms with van der Waals surface area (Å²) in [5, 5.41) is 3.55. The number of fused-ring (bicyclic) bond motifs is 1. The average molecular weight is 550 g/mol. The molecule has 10 nitrogen and oxygen atoms in total. The monoisotopic (exact) mass is 549 g/mol. The van der Waals surface area contributed by atoms with E-state index in [1.807, 2.05) is 22.6 Å². The van der Waals surface area contributed by atoms with Crippen LogP contribution < -0.4 is 16.6 Å². The summed E-state index contributed by atoms with van der Waals surface area (Å²) in [6.07, 6.45) is 4.11. The van der Waals surface area contributed by atoms with Gasteiger partial charge in [0.25, 0.3) is 11.5 Å². The van der Waals surface area contributed by atoms with Crippen molar-refractivity contribution in [3.05, 3.63) is 86.2 Å². The van der Waals surface area contributed by atoms with E-state index in [2.05, 4.69) is 10.3 Å². The van der Waals surface area contributed by atoms with Crippen molar-refractivity contribution in [2.45, 2.75) is 36.0 Å². The van der Waals surface area contributed by atoms with Gasteiger partial charge >= 0.3 is 5.69 Å². The molecule has 0 saturated heterocycles. The zero-order chi connectivity index (χ0) is 26.4. The molecule has 0 fully saturated rings. The Kier molecular flexibility index (Phi) is 6.07. The molecule has 4 aromatic rings. The summed E-state index contributed by atoms with van der Waals surface area (Å²) >= 11 is 1.34. The van der Waals surface area contributed by atoms with Crippen LogP contribution in [-0.4, -0.2) is 45.1 Å². The first-order chi connectivity index (χ1) is 18.3. The second-order valence-corrected chi connectivity index (χ2v) is 12.2. The summed E-state index contributed by atoms with van der Waals surface area (Å²) in [6, 6.07) is 14.3. The molecule has 194 valence electrons. The van der Waals surface area contributed by atoms with Gasteiger partial charge in [0.1, 0.15) is 5.65 Å². The largest absolute Gasteiger partial charge is 0.352 e. The molecular formula is C26H23N5O5S2. The predicted molar refractivity (Wildman–Crippen MR) is 144 cm³/mol. The normalized spacial score (nSPS) is 15.6. The zero-order valence-corrected chi connectivity index (χ0v) is 21.8. The fourth-order valence-corrected chi connectivity index (χ4v) is 7.62. The maximum atomic E-state index is 13.5. The molecule has 6 rings (SSSR count). The van der Waals surface area contributed by atoms with Crippen LogP contribution in [0.2, 0.25) is 0 Å². The van der Waals surface area contributed by atoms with Crippen LogP contribution in [-0.2, 0) is 27.7 Å². The fraction of sp³-hybridized carbons (Fsp3) is 0.231. The molecule has 3 aromatic heterocycles.